The second-order valence-electron chi connectivity index (χ2n) is 6.60. The predicted molar refractivity (Wildman–Crippen MR) is 105 cm³/mol. The van der Waals surface area contributed by atoms with Gasteiger partial charge in [-0.15, -0.1) is 0 Å². The molecule has 1 saturated heterocycles. The molecule has 2 atom stereocenters. The van der Waals surface area contributed by atoms with Crippen molar-refractivity contribution in [2.45, 2.75) is 57.5 Å². The Labute approximate surface area is 165 Å². The van der Waals surface area contributed by atoms with Crippen molar-refractivity contribution in [1.82, 2.24) is 10.2 Å². The Morgan fingerprint density at radius 1 is 1.41 bits per heavy atom. The molecular formula is C19H30N2O5S. The summed E-state index contributed by atoms with van der Waals surface area (Å²) >= 11 is 1.66. The van der Waals surface area contributed by atoms with Gasteiger partial charge in [-0.05, 0) is 26.2 Å². The smallest absolute Gasteiger partial charge is 0.330 e. The molecule has 0 aromatic heterocycles. The first-order valence-corrected chi connectivity index (χ1v) is 10.5. The zero-order valence-electron chi connectivity index (χ0n) is 16.0. The Kier molecular flexibility index (Phi) is 11.5. The van der Waals surface area contributed by atoms with Gasteiger partial charge in [-0.1, -0.05) is 6.58 Å². The van der Waals surface area contributed by atoms with E-state index in [-0.39, 0.29) is 30.4 Å². The fraction of sp³-hybridized carbons (Fsp3) is 0.684. The molecule has 1 N–H and O–H groups in total. The molecule has 27 heavy (non-hydrogen) atoms. The highest BCUT2D eigenvalue weighted by Gasteiger charge is 2.28. The summed E-state index contributed by atoms with van der Waals surface area (Å²) in [4.78, 5) is 47.4. The number of hydrogen-bond acceptors (Lipinski definition) is 6. The third kappa shape index (κ3) is 9.60. The maximum Gasteiger partial charge on any atom is 0.330 e. The number of esters is 1. The standard InChI is InChI=1S/C19H30N2O5S/c1-3-19(25)26-10-5-6-17(23)8-11-27-13-16(12-15(2)20-14-22)21-9-4-7-18(21)24/h3,14-16H,1,4-13H2,2H3,(H,20,22). The number of Topliss-reactive ketones (excluding diaryl/α,β-unsaturated/α-hetero) is 1. The van der Waals surface area contributed by atoms with E-state index in [1.165, 1.54) is 0 Å². The minimum Gasteiger partial charge on any atom is -0.463 e. The molecule has 7 nitrogen and oxygen atoms in total. The van der Waals surface area contributed by atoms with Crippen molar-refractivity contribution < 1.29 is 23.9 Å². The number of ether oxygens (including phenoxy) is 1. The summed E-state index contributed by atoms with van der Waals surface area (Å²) in [5, 5.41) is 2.74. The lowest BCUT2D eigenvalue weighted by atomic mass is 10.1. The Bertz CT molecular complexity index is 526. The van der Waals surface area contributed by atoms with E-state index in [1.807, 2.05) is 11.8 Å². The highest BCUT2D eigenvalue weighted by molar-refractivity contribution is 7.99. The van der Waals surface area contributed by atoms with E-state index in [0.717, 1.165) is 24.8 Å². The van der Waals surface area contributed by atoms with Crippen LogP contribution in [0.1, 0.15) is 45.4 Å². The summed E-state index contributed by atoms with van der Waals surface area (Å²) in [7, 11) is 0. The Hall–Kier alpha value is -1.83. The van der Waals surface area contributed by atoms with Gasteiger partial charge >= 0.3 is 5.97 Å². The highest BCUT2D eigenvalue weighted by atomic mass is 32.2. The SMILES string of the molecule is C=CC(=O)OCCCC(=O)CCSCC(CC(C)NC=O)N1CCCC1=O. The van der Waals surface area contributed by atoms with Crippen LogP contribution in [0.5, 0.6) is 0 Å². The third-order valence-corrected chi connectivity index (χ3v) is 5.49. The third-order valence-electron chi connectivity index (χ3n) is 4.38. The van der Waals surface area contributed by atoms with Crippen molar-refractivity contribution in [2.75, 3.05) is 24.7 Å². The van der Waals surface area contributed by atoms with Crippen LogP contribution in [-0.2, 0) is 23.9 Å². The molecule has 1 aliphatic heterocycles. The normalized spacial score (nSPS) is 15.9. The number of ketones is 1. The van der Waals surface area contributed by atoms with Crippen molar-refractivity contribution in [3.63, 3.8) is 0 Å². The van der Waals surface area contributed by atoms with E-state index in [2.05, 4.69) is 11.9 Å². The zero-order chi connectivity index (χ0) is 20.1. The molecule has 0 saturated carbocycles. The van der Waals surface area contributed by atoms with Crippen molar-refractivity contribution in [3.8, 4) is 0 Å². The summed E-state index contributed by atoms with van der Waals surface area (Å²) in [6.45, 7) is 6.23. The summed E-state index contributed by atoms with van der Waals surface area (Å²) in [5.74, 6) is 1.28. The van der Waals surface area contributed by atoms with Gasteiger partial charge in [-0.3, -0.25) is 14.4 Å². The number of likely N-dealkylation sites (tertiary alicyclic amines) is 1. The summed E-state index contributed by atoms with van der Waals surface area (Å²) < 4.78 is 4.84. The van der Waals surface area contributed by atoms with E-state index in [1.54, 1.807) is 11.8 Å². The average molecular weight is 399 g/mol. The number of thioether (sulfide) groups is 1. The van der Waals surface area contributed by atoms with Gasteiger partial charge in [0.15, 0.2) is 0 Å². The van der Waals surface area contributed by atoms with E-state index in [9.17, 15) is 19.2 Å². The molecular weight excluding hydrogens is 368 g/mol. The van der Waals surface area contributed by atoms with E-state index >= 15 is 0 Å². The molecule has 152 valence electrons. The Morgan fingerprint density at radius 2 is 2.19 bits per heavy atom. The second-order valence-corrected chi connectivity index (χ2v) is 7.75. The van der Waals surface area contributed by atoms with Crippen molar-refractivity contribution in [1.29, 1.82) is 0 Å². The molecule has 1 aliphatic rings. The number of rotatable bonds is 15. The van der Waals surface area contributed by atoms with Crippen LogP contribution in [0, 0.1) is 0 Å². The number of nitrogens with one attached hydrogen (secondary N) is 1. The van der Waals surface area contributed by atoms with Gasteiger partial charge < -0.3 is 15.0 Å². The molecule has 1 fully saturated rings. The van der Waals surface area contributed by atoms with Gasteiger partial charge in [-0.2, -0.15) is 11.8 Å². The molecule has 2 unspecified atom stereocenters. The lowest BCUT2D eigenvalue weighted by Gasteiger charge is -2.29. The van der Waals surface area contributed by atoms with Crippen LogP contribution in [0.15, 0.2) is 12.7 Å². The first-order chi connectivity index (χ1) is 13.0. The van der Waals surface area contributed by atoms with E-state index in [0.29, 0.717) is 44.3 Å². The van der Waals surface area contributed by atoms with Crippen LogP contribution < -0.4 is 5.32 Å². The summed E-state index contributed by atoms with van der Waals surface area (Å²) in [6, 6.07) is 0.0716. The molecule has 0 aromatic carbocycles. The van der Waals surface area contributed by atoms with Gasteiger partial charge in [0.1, 0.15) is 5.78 Å². The Morgan fingerprint density at radius 3 is 2.81 bits per heavy atom. The molecule has 0 radical (unpaired) electrons. The molecule has 0 bridgehead atoms. The van der Waals surface area contributed by atoms with Crippen LogP contribution in [0.4, 0.5) is 0 Å². The number of nitrogens with zero attached hydrogens (tertiary/aromatic N) is 1. The molecule has 8 heteroatoms. The highest BCUT2D eigenvalue weighted by Crippen LogP contribution is 2.21. The largest absolute Gasteiger partial charge is 0.463 e. The maximum absolute atomic E-state index is 12.0. The lowest BCUT2D eigenvalue weighted by Crippen LogP contribution is -2.42. The van der Waals surface area contributed by atoms with Gasteiger partial charge in [0.25, 0.3) is 0 Å². The van der Waals surface area contributed by atoms with Gasteiger partial charge in [-0.25, -0.2) is 4.79 Å². The molecule has 1 rings (SSSR count). The fourth-order valence-electron chi connectivity index (χ4n) is 2.96. The molecule has 0 spiro atoms. The van der Waals surface area contributed by atoms with Crippen LogP contribution in [0.2, 0.25) is 0 Å². The predicted octanol–water partition coefficient (Wildman–Crippen LogP) is 1.70. The number of carbonyl (C=O) groups excluding carboxylic acids is 4. The van der Waals surface area contributed by atoms with Gasteiger partial charge in [0.05, 0.1) is 6.61 Å². The van der Waals surface area contributed by atoms with Crippen LogP contribution in [0.3, 0.4) is 0 Å². The van der Waals surface area contributed by atoms with Gasteiger partial charge in [0, 0.05) is 55.5 Å². The fourth-order valence-corrected chi connectivity index (χ4v) is 4.09. The minimum atomic E-state index is -0.473. The maximum atomic E-state index is 12.0. The van der Waals surface area contributed by atoms with Crippen molar-refractivity contribution in [2.24, 2.45) is 0 Å². The van der Waals surface area contributed by atoms with Crippen molar-refractivity contribution >= 4 is 35.8 Å². The van der Waals surface area contributed by atoms with E-state index < -0.39 is 5.97 Å². The number of carbonyl (C=O) groups is 4. The minimum absolute atomic E-state index is 0.00130. The van der Waals surface area contributed by atoms with Crippen molar-refractivity contribution in [3.05, 3.63) is 12.7 Å². The molecule has 0 aromatic rings. The topological polar surface area (TPSA) is 92.8 Å². The van der Waals surface area contributed by atoms with E-state index in [4.69, 9.17) is 4.74 Å². The summed E-state index contributed by atoms with van der Waals surface area (Å²) in [5.41, 5.74) is 0. The zero-order valence-corrected chi connectivity index (χ0v) is 16.8. The van der Waals surface area contributed by atoms with Gasteiger partial charge in [0.2, 0.25) is 12.3 Å². The Balaban J connectivity index is 2.28. The average Bonchev–Trinajstić information content (AvgIpc) is 3.07. The molecule has 0 aliphatic carbocycles. The van der Waals surface area contributed by atoms with Crippen LogP contribution >= 0.6 is 11.8 Å². The number of hydrogen-bond donors (Lipinski definition) is 1. The molecule has 1 heterocycles. The lowest BCUT2D eigenvalue weighted by molar-refractivity contribution is -0.138. The van der Waals surface area contributed by atoms with Crippen LogP contribution in [-0.4, -0.2) is 65.7 Å². The monoisotopic (exact) mass is 398 g/mol. The first kappa shape index (κ1) is 23.2. The summed E-state index contributed by atoms with van der Waals surface area (Å²) in [6.07, 6.45) is 5.33. The quantitative estimate of drug-likeness (QED) is 0.195. The molecule has 2 amide bonds. The first-order valence-electron chi connectivity index (χ1n) is 9.35. The van der Waals surface area contributed by atoms with Crippen LogP contribution in [0.25, 0.3) is 0 Å². The number of amides is 2. The second kappa shape index (κ2) is 13.4.